The highest BCUT2D eigenvalue weighted by Crippen LogP contribution is 2.42. The Morgan fingerprint density at radius 3 is 2.27 bits per heavy atom. The Kier molecular flexibility index (Phi) is 3.13. The SMILES string of the molecule is FC(F)(F)C(F)(F)c1ccnc(CCl)n1. The molecule has 0 unspecified atom stereocenters. The van der Waals surface area contributed by atoms with E-state index in [-0.39, 0.29) is 11.7 Å². The molecular weight excluding hydrogens is 243 g/mol. The van der Waals surface area contributed by atoms with E-state index in [4.69, 9.17) is 11.6 Å². The molecule has 0 aliphatic carbocycles. The lowest BCUT2D eigenvalue weighted by Gasteiger charge is -2.18. The average Bonchev–Trinajstić information content (AvgIpc) is 2.16. The van der Waals surface area contributed by atoms with Crippen molar-refractivity contribution in [3.05, 3.63) is 23.8 Å². The van der Waals surface area contributed by atoms with Gasteiger partial charge in [-0.3, -0.25) is 0 Å². The van der Waals surface area contributed by atoms with Crippen LogP contribution in [0.2, 0.25) is 0 Å². The number of hydrogen-bond donors (Lipinski definition) is 0. The zero-order valence-corrected chi connectivity index (χ0v) is 7.78. The summed E-state index contributed by atoms with van der Waals surface area (Å²) >= 11 is 5.21. The van der Waals surface area contributed by atoms with Gasteiger partial charge >= 0.3 is 12.1 Å². The minimum Gasteiger partial charge on any atom is -0.240 e. The third-order valence-corrected chi connectivity index (χ3v) is 1.74. The summed E-state index contributed by atoms with van der Waals surface area (Å²) in [5.74, 6) is -5.60. The van der Waals surface area contributed by atoms with Crippen molar-refractivity contribution >= 4 is 11.6 Å². The first-order chi connectivity index (χ1) is 6.79. The van der Waals surface area contributed by atoms with Crippen molar-refractivity contribution in [3.63, 3.8) is 0 Å². The van der Waals surface area contributed by atoms with E-state index in [9.17, 15) is 22.0 Å². The van der Waals surface area contributed by atoms with Crippen LogP contribution in [0.1, 0.15) is 11.5 Å². The molecule has 0 N–H and O–H groups in total. The Labute approximate surface area is 86.1 Å². The molecule has 0 aliphatic heterocycles. The highest BCUT2D eigenvalue weighted by Gasteiger charge is 2.59. The van der Waals surface area contributed by atoms with Crippen molar-refractivity contribution < 1.29 is 22.0 Å². The Morgan fingerprint density at radius 2 is 1.80 bits per heavy atom. The average molecular weight is 247 g/mol. The lowest BCUT2D eigenvalue weighted by Crippen LogP contribution is -2.34. The second-order valence-electron chi connectivity index (χ2n) is 2.56. The van der Waals surface area contributed by atoms with Gasteiger partial charge in [0, 0.05) is 6.20 Å². The number of aromatic nitrogens is 2. The van der Waals surface area contributed by atoms with Crippen LogP contribution in [0.4, 0.5) is 22.0 Å². The molecule has 0 atom stereocenters. The van der Waals surface area contributed by atoms with Gasteiger partial charge in [-0.25, -0.2) is 9.97 Å². The molecule has 0 saturated carbocycles. The number of hydrogen-bond acceptors (Lipinski definition) is 2. The maximum atomic E-state index is 12.7. The van der Waals surface area contributed by atoms with E-state index in [1.165, 1.54) is 0 Å². The number of alkyl halides is 6. The quantitative estimate of drug-likeness (QED) is 0.592. The maximum absolute atomic E-state index is 12.7. The van der Waals surface area contributed by atoms with Crippen LogP contribution in [-0.4, -0.2) is 16.1 Å². The van der Waals surface area contributed by atoms with Crippen LogP contribution >= 0.6 is 11.6 Å². The highest BCUT2D eigenvalue weighted by molar-refractivity contribution is 6.16. The second-order valence-corrected chi connectivity index (χ2v) is 2.83. The lowest BCUT2D eigenvalue weighted by molar-refractivity contribution is -0.291. The van der Waals surface area contributed by atoms with Crippen molar-refractivity contribution in [1.82, 2.24) is 9.97 Å². The molecular formula is C7H4ClF5N2. The largest absolute Gasteiger partial charge is 0.459 e. The maximum Gasteiger partial charge on any atom is 0.459 e. The zero-order chi connectivity index (χ0) is 11.7. The molecule has 1 aromatic rings. The van der Waals surface area contributed by atoms with Gasteiger partial charge in [-0.05, 0) is 6.07 Å². The Morgan fingerprint density at radius 1 is 1.20 bits per heavy atom. The topological polar surface area (TPSA) is 25.8 Å². The molecule has 1 aromatic heterocycles. The summed E-state index contributed by atoms with van der Waals surface area (Å²) in [6.07, 6.45) is -4.87. The Bertz CT molecular complexity index is 351. The summed E-state index contributed by atoms with van der Waals surface area (Å²) in [5.41, 5.74) is -1.40. The van der Waals surface area contributed by atoms with E-state index in [1.54, 1.807) is 0 Å². The van der Waals surface area contributed by atoms with Gasteiger partial charge < -0.3 is 0 Å². The van der Waals surface area contributed by atoms with E-state index >= 15 is 0 Å². The van der Waals surface area contributed by atoms with E-state index in [1.807, 2.05) is 0 Å². The standard InChI is InChI=1S/C7H4ClF5N2/c8-3-5-14-2-1-4(15-5)6(9,10)7(11,12)13/h1-2H,3H2. The van der Waals surface area contributed by atoms with Gasteiger partial charge in [0.1, 0.15) is 11.5 Å². The van der Waals surface area contributed by atoms with Gasteiger partial charge in [0.25, 0.3) is 0 Å². The first kappa shape index (κ1) is 12.1. The van der Waals surface area contributed by atoms with E-state index < -0.39 is 17.8 Å². The van der Waals surface area contributed by atoms with Crippen molar-refractivity contribution in [1.29, 1.82) is 0 Å². The fraction of sp³-hybridized carbons (Fsp3) is 0.429. The molecule has 0 radical (unpaired) electrons. The lowest BCUT2D eigenvalue weighted by atomic mass is 10.2. The fourth-order valence-corrected chi connectivity index (χ4v) is 0.912. The monoisotopic (exact) mass is 246 g/mol. The molecule has 0 saturated heterocycles. The van der Waals surface area contributed by atoms with E-state index in [2.05, 4.69) is 9.97 Å². The number of rotatable bonds is 2. The van der Waals surface area contributed by atoms with Crippen LogP contribution < -0.4 is 0 Å². The second kappa shape index (κ2) is 3.88. The van der Waals surface area contributed by atoms with Crippen molar-refractivity contribution in [2.45, 2.75) is 18.0 Å². The summed E-state index contributed by atoms with van der Waals surface area (Å²) in [7, 11) is 0. The minimum atomic E-state index is -5.68. The molecule has 0 fully saturated rings. The molecule has 0 bridgehead atoms. The molecule has 15 heavy (non-hydrogen) atoms. The van der Waals surface area contributed by atoms with E-state index in [0.29, 0.717) is 6.07 Å². The van der Waals surface area contributed by atoms with Gasteiger partial charge in [-0.2, -0.15) is 22.0 Å². The van der Waals surface area contributed by atoms with Crippen LogP contribution in [0.3, 0.4) is 0 Å². The third-order valence-electron chi connectivity index (χ3n) is 1.50. The molecule has 84 valence electrons. The molecule has 2 nitrogen and oxygen atoms in total. The summed E-state index contributed by atoms with van der Waals surface area (Å²) < 4.78 is 61.2. The zero-order valence-electron chi connectivity index (χ0n) is 7.02. The smallest absolute Gasteiger partial charge is 0.240 e. The normalized spacial score (nSPS) is 12.9. The summed E-state index contributed by atoms with van der Waals surface area (Å²) in [6, 6.07) is 0.504. The molecule has 0 aromatic carbocycles. The van der Waals surface area contributed by atoms with Gasteiger partial charge in [-0.1, -0.05) is 0 Å². The Balaban J connectivity index is 3.15. The fourth-order valence-electron chi connectivity index (χ4n) is 0.784. The van der Waals surface area contributed by atoms with Gasteiger partial charge in [0.2, 0.25) is 0 Å². The number of halogens is 6. The molecule has 0 spiro atoms. The summed E-state index contributed by atoms with van der Waals surface area (Å²) in [4.78, 5) is 6.43. The Hall–Kier alpha value is -0.980. The first-order valence-electron chi connectivity index (χ1n) is 3.62. The molecule has 1 heterocycles. The molecule has 1 rings (SSSR count). The van der Waals surface area contributed by atoms with Gasteiger partial charge in [-0.15, -0.1) is 11.6 Å². The van der Waals surface area contributed by atoms with Crippen molar-refractivity contribution in [3.8, 4) is 0 Å². The van der Waals surface area contributed by atoms with Crippen LogP contribution in [-0.2, 0) is 11.8 Å². The predicted molar refractivity (Wildman–Crippen MR) is 41.5 cm³/mol. The van der Waals surface area contributed by atoms with Crippen molar-refractivity contribution in [2.75, 3.05) is 0 Å². The molecule has 8 heteroatoms. The van der Waals surface area contributed by atoms with Crippen LogP contribution in [0.25, 0.3) is 0 Å². The minimum absolute atomic E-state index is 0.280. The first-order valence-corrected chi connectivity index (χ1v) is 4.15. The predicted octanol–water partition coefficient (Wildman–Crippen LogP) is 2.87. The third kappa shape index (κ3) is 2.34. The van der Waals surface area contributed by atoms with Crippen molar-refractivity contribution in [2.24, 2.45) is 0 Å². The van der Waals surface area contributed by atoms with Gasteiger partial charge in [0.15, 0.2) is 0 Å². The number of nitrogens with zero attached hydrogens (tertiary/aromatic N) is 2. The molecule has 0 amide bonds. The summed E-state index contributed by atoms with van der Waals surface area (Å²) in [6.45, 7) is 0. The highest BCUT2D eigenvalue weighted by atomic mass is 35.5. The van der Waals surface area contributed by atoms with Crippen LogP contribution in [0.5, 0.6) is 0 Å². The summed E-state index contributed by atoms with van der Waals surface area (Å²) in [5, 5.41) is 0. The van der Waals surface area contributed by atoms with E-state index in [0.717, 1.165) is 6.20 Å². The van der Waals surface area contributed by atoms with Gasteiger partial charge in [0.05, 0.1) is 5.88 Å². The molecule has 0 aliphatic rings. The van der Waals surface area contributed by atoms with Crippen LogP contribution in [0.15, 0.2) is 12.3 Å². The van der Waals surface area contributed by atoms with Crippen LogP contribution in [0, 0.1) is 0 Å².